The van der Waals surface area contributed by atoms with E-state index in [-0.39, 0.29) is 29.1 Å². The predicted octanol–water partition coefficient (Wildman–Crippen LogP) is 3.84. The van der Waals surface area contributed by atoms with Gasteiger partial charge in [-0.2, -0.15) is 0 Å². The van der Waals surface area contributed by atoms with Gasteiger partial charge in [0.1, 0.15) is 5.41 Å². The molecule has 0 aliphatic heterocycles. The van der Waals surface area contributed by atoms with E-state index in [4.69, 9.17) is 22.9 Å². The molecule has 0 spiro atoms. The number of carbonyl (C=O) groups excluding carboxylic acids is 3. The second kappa shape index (κ2) is 8.71. The summed E-state index contributed by atoms with van der Waals surface area (Å²) in [5.41, 5.74) is 24.6. The highest BCUT2D eigenvalue weighted by molar-refractivity contribution is 6.24. The van der Waals surface area contributed by atoms with Gasteiger partial charge in [0, 0.05) is 33.6 Å². The van der Waals surface area contributed by atoms with Gasteiger partial charge in [-0.1, -0.05) is 24.3 Å². The first kappa shape index (κ1) is 22.5. The summed E-state index contributed by atoms with van der Waals surface area (Å²) in [4.78, 5) is 40.5. The van der Waals surface area contributed by atoms with Gasteiger partial charge in [0.15, 0.2) is 17.3 Å². The van der Waals surface area contributed by atoms with Gasteiger partial charge in [0.05, 0.1) is 11.4 Å². The first-order chi connectivity index (χ1) is 16.2. The number of nitrogens with two attached hydrogens (primary N) is 4. The Kier molecular flexibility index (Phi) is 5.77. The zero-order chi connectivity index (χ0) is 24.5. The smallest absolute Gasteiger partial charge is 0.192 e. The van der Waals surface area contributed by atoms with Crippen LogP contribution in [0.5, 0.6) is 0 Å². The van der Waals surface area contributed by atoms with Crippen molar-refractivity contribution in [2.24, 2.45) is 5.41 Å². The summed E-state index contributed by atoms with van der Waals surface area (Å²) in [5.74, 6) is -1.16. The van der Waals surface area contributed by atoms with Gasteiger partial charge in [-0.25, -0.2) is 0 Å². The monoisotopic (exact) mass is 452 g/mol. The molecule has 7 nitrogen and oxygen atoms in total. The lowest BCUT2D eigenvalue weighted by atomic mass is 9.69. The van der Waals surface area contributed by atoms with E-state index in [0.717, 1.165) is 0 Å². The number of allylic oxidation sites excluding steroid dienone is 4. The highest BCUT2D eigenvalue weighted by atomic mass is 16.2. The molecule has 3 aromatic carbocycles. The number of carbonyl (C=O) groups is 3. The lowest BCUT2D eigenvalue weighted by molar-refractivity contribution is 0.0725. The molecule has 0 amide bonds. The number of benzene rings is 3. The minimum absolute atomic E-state index is 0.0180. The van der Waals surface area contributed by atoms with E-state index >= 15 is 0 Å². The third-order valence-corrected chi connectivity index (χ3v) is 5.99. The minimum Gasteiger partial charge on any atom is -0.399 e. The summed E-state index contributed by atoms with van der Waals surface area (Å²) < 4.78 is 0. The summed E-state index contributed by atoms with van der Waals surface area (Å²) in [7, 11) is 0. The van der Waals surface area contributed by atoms with Crippen LogP contribution in [0.4, 0.5) is 22.7 Å². The van der Waals surface area contributed by atoms with Crippen LogP contribution in [0.3, 0.4) is 0 Å². The van der Waals surface area contributed by atoms with Crippen LogP contribution in [0.2, 0.25) is 0 Å². The van der Waals surface area contributed by atoms with Gasteiger partial charge in [0.2, 0.25) is 0 Å². The molecule has 3 aromatic rings. The van der Waals surface area contributed by atoms with E-state index < -0.39 is 17.0 Å². The van der Waals surface area contributed by atoms with Crippen LogP contribution in [0.1, 0.15) is 37.5 Å². The van der Waals surface area contributed by atoms with Crippen molar-refractivity contribution in [1.29, 1.82) is 0 Å². The lowest BCUT2D eigenvalue weighted by Gasteiger charge is -2.30. The Bertz CT molecular complexity index is 1360. The third-order valence-electron chi connectivity index (χ3n) is 5.99. The second-order valence-electron chi connectivity index (χ2n) is 8.21. The Balaban J connectivity index is 1.76. The molecule has 0 radical (unpaired) electrons. The van der Waals surface area contributed by atoms with Gasteiger partial charge >= 0.3 is 0 Å². The molecule has 1 aliphatic rings. The fourth-order valence-electron chi connectivity index (χ4n) is 3.96. The summed E-state index contributed by atoms with van der Waals surface area (Å²) in [6.45, 7) is 0. The van der Waals surface area contributed by atoms with Crippen molar-refractivity contribution in [2.75, 3.05) is 22.9 Å². The molecule has 170 valence electrons. The number of hydrogen-bond acceptors (Lipinski definition) is 7. The quantitative estimate of drug-likeness (QED) is 0.251. The van der Waals surface area contributed by atoms with Crippen LogP contribution >= 0.6 is 0 Å². The summed E-state index contributed by atoms with van der Waals surface area (Å²) >= 11 is 0. The average molecular weight is 453 g/mol. The SMILES string of the molecule is Nc1ccc(C(=O)C2=CCC(C(=O)c3ccc(N)cc3)(C(=O)c3cccc(N)c3N)C=C2)cc1. The standard InChI is InChI=1S/C27H24N4O3/c28-19-8-4-16(5-9-19)24(32)17-12-14-27(15-13-17,25(33)18-6-10-20(29)11-7-18)26(34)21-2-1-3-22(30)23(21)31/h1-14H,15,28-31H2. The fourth-order valence-corrected chi connectivity index (χ4v) is 3.96. The molecule has 0 bridgehead atoms. The first-order valence-corrected chi connectivity index (χ1v) is 10.6. The first-order valence-electron chi connectivity index (χ1n) is 10.6. The number of para-hydroxylation sites is 1. The Morgan fingerprint density at radius 3 is 1.85 bits per heavy atom. The van der Waals surface area contributed by atoms with Crippen LogP contribution in [-0.4, -0.2) is 17.3 Å². The molecule has 7 heteroatoms. The molecule has 8 N–H and O–H groups in total. The normalized spacial score (nSPS) is 17.1. The molecule has 34 heavy (non-hydrogen) atoms. The number of Topliss-reactive ketones (excluding diaryl/α,β-unsaturated/α-hetero) is 3. The third kappa shape index (κ3) is 3.95. The van der Waals surface area contributed by atoms with E-state index in [1.807, 2.05) is 0 Å². The molecule has 4 rings (SSSR count). The van der Waals surface area contributed by atoms with Crippen molar-refractivity contribution >= 4 is 40.1 Å². The summed E-state index contributed by atoms with van der Waals surface area (Å²) in [6.07, 6.45) is 4.59. The highest BCUT2D eigenvalue weighted by Crippen LogP contribution is 2.39. The second-order valence-corrected chi connectivity index (χ2v) is 8.21. The molecule has 0 saturated heterocycles. The lowest BCUT2D eigenvalue weighted by Crippen LogP contribution is -2.39. The van der Waals surface area contributed by atoms with Gasteiger partial charge < -0.3 is 22.9 Å². The molecule has 1 aliphatic carbocycles. The zero-order valence-electron chi connectivity index (χ0n) is 18.3. The molecule has 0 heterocycles. The Morgan fingerprint density at radius 1 is 0.706 bits per heavy atom. The number of hydrogen-bond donors (Lipinski definition) is 4. The van der Waals surface area contributed by atoms with Crippen LogP contribution in [0.25, 0.3) is 0 Å². The van der Waals surface area contributed by atoms with Gasteiger partial charge in [0.25, 0.3) is 0 Å². The van der Waals surface area contributed by atoms with E-state index in [0.29, 0.717) is 28.1 Å². The van der Waals surface area contributed by atoms with Crippen molar-refractivity contribution in [3.63, 3.8) is 0 Å². The Morgan fingerprint density at radius 2 is 1.29 bits per heavy atom. The van der Waals surface area contributed by atoms with Crippen LogP contribution in [0.15, 0.2) is 90.5 Å². The minimum atomic E-state index is -1.59. The van der Waals surface area contributed by atoms with E-state index in [1.165, 1.54) is 12.2 Å². The van der Waals surface area contributed by atoms with Gasteiger partial charge in [-0.15, -0.1) is 0 Å². The Labute approximate surface area is 196 Å². The van der Waals surface area contributed by atoms with Crippen molar-refractivity contribution in [3.8, 4) is 0 Å². The van der Waals surface area contributed by atoms with Gasteiger partial charge in [-0.3, -0.25) is 14.4 Å². The maximum atomic E-state index is 13.8. The van der Waals surface area contributed by atoms with E-state index in [2.05, 4.69) is 0 Å². The molecule has 0 fully saturated rings. The molecule has 0 aromatic heterocycles. The Hall–Kier alpha value is -4.65. The topological polar surface area (TPSA) is 155 Å². The van der Waals surface area contributed by atoms with Gasteiger partial charge in [-0.05, 0) is 67.1 Å². The number of rotatable bonds is 6. The highest BCUT2D eigenvalue weighted by Gasteiger charge is 2.45. The maximum Gasteiger partial charge on any atom is 0.192 e. The average Bonchev–Trinajstić information content (AvgIpc) is 2.85. The molecular formula is C27H24N4O3. The van der Waals surface area contributed by atoms with Crippen molar-refractivity contribution in [1.82, 2.24) is 0 Å². The van der Waals surface area contributed by atoms with Crippen LogP contribution in [0, 0.1) is 5.41 Å². The maximum absolute atomic E-state index is 13.8. The van der Waals surface area contributed by atoms with Crippen LogP contribution < -0.4 is 22.9 Å². The zero-order valence-corrected chi connectivity index (χ0v) is 18.3. The number of nitrogen functional groups attached to an aromatic ring is 4. The van der Waals surface area contributed by atoms with Crippen LogP contribution in [-0.2, 0) is 0 Å². The van der Waals surface area contributed by atoms with Crippen molar-refractivity contribution in [2.45, 2.75) is 6.42 Å². The summed E-state index contributed by atoms with van der Waals surface area (Å²) in [6, 6.07) is 17.6. The molecule has 1 atom stereocenters. The molecular weight excluding hydrogens is 428 g/mol. The number of ketones is 3. The molecule has 1 unspecified atom stereocenters. The van der Waals surface area contributed by atoms with Crippen molar-refractivity contribution in [3.05, 3.63) is 107 Å². The fraction of sp³-hybridized carbons (Fsp3) is 0.0741. The number of anilines is 4. The molecule has 0 saturated carbocycles. The van der Waals surface area contributed by atoms with E-state index in [9.17, 15) is 14.4 Å². The summed E-state index contributed by atoms with van der Waals surface area (Å²) in [5, 5.41) is 0. The predicted molar refractivity (Wildman–Crippen MR) is 134 cm³/mol. The van der Waals surface area contributed by atoms with Crippen molar-refractivity contribution < 1.29 is 14.4 Å². The largest absolute Gasteiger partial charge is 0.399 e. The van der Waals surface area contributed by atoms with E-state index in [1.54, 1.807) is 72.8 Å².